The summed E-state index contributed by atoms with van der Waals surface area (Å²) >= 11 is 1.31. The number of carbonyl (C=O) groups is 1. The van der Waals surface area contributed by atoms with Crippen molar-refractivity contribution < 1.29 is 13.9 Å². The average Bonchev–Trinajstić information content (AvgIpc) is 2.61. The number of nitrogens with one attached hydrogen (secondary N) is 1. The van der Waals surface area contributed by atoms with Crippen LogP contribution in [0.1, 0.15) is 10.4 Å². The summed E-state index contributed by atoms with van der Waals surface area (Å²) in [5.74, 6) is -1.37. The zero-order valence-corrected chi connectivity index (χ0v) is 13.9. The zero-order chi connectivity index (χ0) is 17.5. The van der Waals surface area contributed by atoms with Gasteiger partial charge < -0.3 is 4.74 Å². The van der Waals surface area contributed by atoms with Gasteiger partial charge in [0.15, 0.2) is 11.4 Å². The Hall–Kier alpha value is -2.85. The molecule has 0 bridgehead atoms. The fourth-order valence-electron chi connectivity index (χ4n) is 2.02. The second kappa shape index (κ2) is 8.13. The third kappa shape index (κ3) is 4.12. The Morgan fingerprint density at radius 3 is 2.71 bits per heavy atom. The highest BCUT2D eigenvalue weighted by atomic mass is 32.2. The topological polar surface area (TPSA) is 74.5 Å². The van der Waals surface area contributed by atoms with Crippen LogP contribution in [0.2, 0.25) is 0 Å². The molecule has 24 heavy (non-hydrogen) atoms. The maximum atomic E-state index is 13.7. The summed E-state index contributed by atoms with van der Waals surface area (Å²) in [5.41, 5.74) is 1.93. The van der Waals surface area contributed by atoms with Crippen molar-refractivity contribution in [2.24, 2.45) is 4.99 Å². The molecule has 0 aromatic heterocycles. The first-order chi connectivity index (χ1) is 11.6. The number of nitriles is 1. The molecule has 122 valence electrons. The third-order valence-electron chi connectivity index (χ3n) is 3.14. The zero-order valence-electron chi connectivity index (χ0n) is 13.0. The van der Waals surface area contributed by atoms with Crippen molar-refractivity contribution in [1.29, 1.82) is 5.26 Å². The second-order valence-electron chi connectivity index (χ2n) is 4.59. The number of halogens is 1. The molecule has 2 aromatic rings. The first-order valence-corrected chi connectivity index (χ1v) is 8.07. The van der Waals surface area contributed by atoms with Crippen molar-refractivity contribution in [1.82, 2.24) is 5.32 Å². The minimum absolute atomic E-state index is 0.125. The molecule has 0 radical (unpaired) electrons. The lowest BCUT2D eigenvalue weighted by Crippen LogP contribution is -2.12. The minimum atomic E-state index is -0.730. The molecule has 1 N–H and O–H groups in total. The van der Waals surface area contributed by atoms with Crippen LogP contribution in [0.4, 0.5) is 10.1 Å². The van der Waals surface area contributed by atoms with Crippen molar-refractivity contribution in [3.05, 3.63) is 53.8 Å². The number of hydrogen-bond donors (Lipinski definition) is 1. The van der Waals surface area contributed by atoms with Gasteiger partial charge in [-0.2, -0.15) is 5.26 Å². The SMILES string of the molecule is COC(=O)c1cc(-c2cccc(N=C(NC#N)SC)c2)ccc1F. The maximum absolute atomic E-state index is 13.7. The van der Waals surface area contributed by atoms with E-state index in [0.29, 0.717) is 16.4 Å². The molecule has 0 saturated heterocycles. The van der Waals surface area contributed by atoms with E-state index in [0.717, 1.165) is 5.56 Å². The molecule has 0 unspecified atom stereocenters. The fourth-order valence-corrected chi connectivity index (χ4v) is 2.36. The Labute approximate surface area is 143 Å². The molecule has 0 spiro atoms. The lowest BCUT2D eigenvalue weighted by molar-refractivity contribution is 0.0595. The molecule has 7 heteroatoms. The van der Waals surface area contributed by atoms with E-state index in [1.54, 1.807) is 30.5 Å². The van der Waals surface area contributed by atoms with Gasteiger partial charge in [0.1, 0.15) is 5.82 Å². The van der Waals surface area contributed by atoms with Crippen LogP contribution in [0.25, 0.3) is 11.1 Å². The summed E-state index contributed by atoms with van der Waals surface area (Å²) in [7, 11) is 1.20. The Morgan fingerprint density at radius 1 is 1.29 bits per heavy atom. The van der Waals surface area contributed by atoms with Crippen LogP contribution in [-0.2, 0) is 4.74 Å². The van der Waals surface area contributed by atoms with Crippen LogP contribution in [-0.4, -0.2) is 24.5 Å². The van der Waals surface area contributed by atoms with Gasteiger partial charge in [-0.1, -0.05) is 30.0 Å². The van der Waals surface area contributed by atoms with Crippen molar-refractivity contribution in [3.8, 4) is 17.3 Å². The van der Waals surface area contributed by atoms with Gasteiger partial charge in [0, 0.05) is 0 Å². The summed E-state index contributed by atoms with van der Waals surface area (Å²) < 4.78 is 18.3. The van der Waals surface area contributed by atoms with Crippen molar-refractivity contribution in [2.75, 3.05) is 13.4 Å². The molecule has 0 amide bonds. The van der Waals surface area contributed by atoms with Crippen LogP contribution >= 0.6 is 11.8 Å². The van der Waals surface area contributed by atoms with E-state index < -0.39 is 11.8 Å². The number of rotatable bonds is 3. The lowest BCUT2D eigenvalue weighted by atomic mass is 10.0. The normalized spacial score (nSPS) is 10.8. The van der Waals surface area contributed by atoms with Gasteiger partial charge in [0.2, 0.25) is 0 Å². The number of ether oxygens (including phenoxy) is 1. The standard InChI is InChI=1S/C17H14FN3O2S/c1-23-16(22)14-9-12(6-7-15(14)18)11-4-3-5-13(8-11)21-17(24-2)20-10-19/h3-9H,1-2H3,(H,20,21). The average molecular weight is 343 g/mol. The summed E-state index contributed by atoms with van der Waals surface area (Å²) in [6.45, 7) is 0. The van der Waals surface area contributed by atoms with Gasteiger partial charge in [-0.3, -0.25) is 5.32 Å². The van der Waals surface area contributed by atoms with E-state index in [9.17, 15) is 9.18 Å². The van der Waals surface area contributed by atoms with Crippen LogP contribution in [0.15, 0.2) is 47.5 Å². The highest BCUT2D eigenvalue weighted by Gasteiger charge is 2.13. The fraction of sp³-hybridized carbons (Fsp3) is 0.118. The molecule has 2 aromatic carbocycles. The van der Waals surface area contributed by atoms with Gasteiger partial charge in [0.25, 0.3) is 0 Å². The van der Waals surface area contributed by atoms with Crippen LogP contribution in [0, 0.1) is 17.3 Å². The number of carbonyl (C=O) groups excluding carboxylic acids is 1. The number of methoxy groups -OCH3 is 1. The van der Waals surface area contributed by atoms with Crippen molar-refractivity contribution in [2.45, 2.75) is 0 Å². The Morgan fingerprint density at radius 2 is 2.04 bits per heavy atom. The molecule has 0 fully saturated rings. The number of esters is 1. The van der Waals surface area contributed by atoms with E-state index in [-0.39, 0.29) is 5.56 Å². The van der Waals surface area contributed by atoms with E-state index in [2.05, 4.69) is 15.0 Å². The van der Waals surface area contributed by atoms with Crippen LogP contribution in [0.5, 0.6) is 0 Å². The van der Waals surface area contributed by atoms with E-state index >= 15 is 0 Å². The van der Waals surface area contributed by atoms with Crippen LogP contribution < -0.4 is 5.32 Å². The molecule has 0 aliphatic carbocycles. The van der Waals surface area contributed by atoms with Crippen molar-refractivity contribution >= 4 is 28.6 Å². The van der Waals surface area contributed by atoms with Gasteiger partial charge >= 0.3 is 5.97 Å². The van der Waals surface area contributed by atoms with Gasteiger partial charge in [0.05, 0.1) is 18.4 Å². The molecule has 2 rings (SSSR count). The quantitative estimate of drug-likeness (QED) is 0.302. The smallest absolute Gasteiger partial charge is 0.340 e. The maximum Gasteiger partial charge on any atom is 0.340 e. The summed E-state index contributed by atoms with van der Waals surface area (Å²) in [6.07, 6.45) is 3.62. The van der Waals surface area contributed by atoms with Gasteiger partial charge in [-0.15, -0.1) is 0 Å². The molecular formula is C17H14FN3O2S. The summed E-state index contributed by atoms with van der Waals surface area (Å²) in [5, 5.41) is 11.6. The first kappa shape index (κ1) is 17.5. The summed E-state index contributed by atoms with van der Waals surface area (Å²) in [4.78, 5) is 15.9. The Bertz CT molecular complexity index is 831. The molecule has 0 aliphatic heterocycles. The molecule has 0 aliphatic rings. The first-order valence-electron chi connectivity index (χ1n) is 6.85. The highest BCUT2D eigenvalue weighted by molar-refractivity contribution is 8.13. The molecular weight excluding hydrogens is 329 g/mol. The predicted octanol–water partition coefficient (Wildman–Crippen LogP) is 3.70. The monoisotopic (exact) mass is 343 g/mol. The number of hydrogen-bond acceptors (Lipinski definition) is 5. The largest absolute Gasteiger partial charge is 0.465 e. The third-order valence-corrected chi connectivity index (χ3v) is 3.72. The molecule has 0 atom stereocenters. The highest BCUT2D eigenvalue weighted by Crippen LogP contribution is 2.26. The molecule has 0 heterocycles. The Kier molecular flexibility index (Phi) is 5.93. The van der Waals surface area contributed by atoms with E-state index in [1.165, 1.54) is 31.0 Å². The predicted molar refractivity (Wildman–Crippen MR) is 92.5 cm³/mol. The Balaban J connectivity index is 2.42. The van der Waals surface area contributed by atoms with Gasteiger partial charge in [-0.25, -0.2) is 14.2 Å². The van der Waals surface area contributed by atoms with Gasteiger partial charge in [-0.05, 0) is 41.6 Å². The number of benzene rings is 2. The van der Waals surface area contributed by atoms with Crippen molar-refractivity contribution in [3.63, 3.8) is 0 Å². The second-order valence-corrected chi connectivity index (χ2v) is 5.39. The number of thioether (sulfide) groups is 1. The number of amidine groups is 1. The lowest BCUT2D eigenvalue weighted by Gasteiger charge is -2.07. The number of aliphatic imine (C=N–C) groups is 1. The molecule has 5 nitrogen and oxygen atoms in total. The molecule has 0 saturated carbocycles. The van der Waals surface area contributed by atoms with E-state index in [4.69, 9.17) is 5.26 Å². The van der Waals surface area contributed by atoms with E-state index in [1.807, 2.05) is 12.3 Å². The minimum Gasteiger partial charge on any atom is -0.465 e. The van der Waals surface area contributed by atoms with Crippen LogP contribution in [0.3, 0.4) is 0 Å². The summed E-state index contributed by atoms with van der Waals surface area (Å²) in [6, 6.07) is 11.4. The number of nitrogens with zero attached hydrogens (tertiary/aromatic N) is 2.